The van der Waals surface area contributed by atoms with E-state index >= 15 is 0 Å². The normalized spacial score (nSPS) is 20.1. The number of carbonyl (C=O) groups is 1. The minimum absolute atomic E-state index is 0.0250. The number of carbonyl (C=O) groups excluding carboxylic acids is 1. The summed E-state index contributed by atoms with van der Waals surface area (Å²) in [7, 11) is 0. The summed E-state index contributed by atoms with van der Waals surface area (Å²) in [5.74, 6) is 3.18. The monoisotopic (exact) mass is 254 g/mol. The van der Waals surface area contributed by atoms with Crippen LogP contribution in [0.3, 0.4) is 0 Å². The highest BCUT2D eigenvalue weighted by molar-refractivity contribution is 7.99. The minimum Gasteiger partial charge on any atom is -0.467 e. The second-order valence-corrected chi connectivity index (χ2v) is 5.30. The van der Waals surface area contributed by atoms with E-state index in [0.29, 0.717) is 19.1 Å². The van der Waals surface area contributed by atoms with Crippen LogP contribution < -0.4 is 10.6 Å². The van der Waals surface area contributed by atoms with Crippen LogP contribution in [0.25, 0.3) is 0 Å². The first-order valence-corrected chi connectivity index (χ1v) is 7.10. The average Bonchev–Trinajstić information content (AvgIpc) is 2.88. The highest BCUT2D eigenvalue weighted by Gasteiger charge is 2.14. The maximum absolute atomic E-state index is 11.6. The van der Waals surface area contributed by atoms with Crippen molar-refractivity contribution in [2.75, 3.05) is 18.1 Å². The molecule has 1 aliphatic heterocycles. The molecule has 1 aromatic heterocycles. The second-order valence-electron chi connectivity index (χ2n) is 4.15. The molecule has 2 N–H and O–H groups in total. The molecule has 0 aromatic carbocycles. The molecule has 1 unspecified atom stereocenters. The van der Waals surface area contributed by atoms with Crippen LogP contribution in [-0.4, -0.2) is 30.0 Å². The standard InChI is InChI=1S/C12H18N2O2S/c15-12(14-7-11-4-1-5-16-11)8-13-10-3-2-6-17-9-10/h1,4-5,10,13H,2-3,6-9H2,(H,14,15). The van der Waals surface area contributed by atoms with E-state index in [1.807, 2.05) is 23.9 Å². The van der Waals surface area contributed by atoms with E-state index in [9.17, 15) is 4.79 Å². The summed E-state index contributed by atoms with van der Waals surface area (Å²) in [5, 5.41) is 6.11. The van der Waals surface area contributed by atoms with Gasteiger partial charge in [-0.15, -0.1) is 0 Å². The molecular weight excluding hydrogens is 236 g/mol. The highest BCUT2D eigenvalue weighted by Crippen LogP contribution is 2.16. The highest BCUT2D eigenvalue weighted by atomic mass is 32.2. The molecule has 0 aliphatic carbocycles. The maximum Gasteiger partial charge on any atom is 0.234 e. The van der Waals surface area contributed by atoms with Crippen LogP contribution in [0.1, 0.15) is 18.6 Å². The number of hydrogen-bond donors (Lipinski definition) is 2. The van der Waals surface area contributed by atoms with Crippen molar-refractivity contribution in [2.24, 2.45) is 0 Å². The average molecular weight is 254 g/mol. The van der Waals surface area contributed by atoms with Crippen molar-refractivity contribution >= 4 is 17.7 Å². The molecule has 2 rings (SSSR count). The van der Waals surface area contributed by atoms with Crippen LogP contribution in [0.2, 0.25) is 0 Å². The molecule has 0 radical (unpaired) electrons. The minimum atomic E-state index is 0.0250. The first-order valence-electron chi connectivity index (χ1n) is 5.95. The van der Waals surface area contributed by atoms with Crippen molar-refractivity contribution in [1.29, 1.82) is 0 Å². The molecule has 2 heterocycles. The van der Waals surface area contributed by atoms with Crippen molar-refractivity contribution in [3.05, 3.63) is 24.2 Å². The fourth-order valence-corrected chi connectivity index (χ4v) is 2.91. The molecule has 94 valence electrons. The Morgan fingerprint density at radius 3 is 3.24 bits per heavy atom. The van der Waals surface area contributed by atoms with Gasteiger partial charge in [0.15, 0.2) is 0 Å². The Hall–Kier alpha value is -0.940. The van der Waals surface area contributed by atoms with E-state index in [0.717, 1.165) is 11.5 Å². The molecule has 0 bridgehead atoms. The lowest BCUT2D eigenvalue weighted by molar-refractivity contribution is -0.120. The Bertz CT molecular complexity index is 334. The second kappa shape index (κ2) is 6.71. The molecule has 0 saturated carbocycles. The summed E-state index contributed by atoms with van der Waals surface area (Å²) >= 11 is 1.96. The Kier molecular flexibility index (Phi) is 4.94. The SMILES string of the molecule is O=C(CNC1CCCSC1)NCc1ccco1. The molecule has 1 saturated heterocycles. The summed E-state index contributed by atoms with van der Waals surface area (Å²) in [6.07, 6.45) is 4.04. The van der Waals surface area contributed by atoms with Crippen LogP contribution in [-0.2, 0) is 11.3 Å². The number of thioether (sulfide) groups is 1. The third kappa shape index (κ3) is 4.44. The predicted octanol–water partition coefficient (Wildman–Crippen LogP) is 1.38. The van der Waals surface area contributed by atoms with Crippen molar-refractivity contribution in [3.63, 3.8) is 0 Å². The molecule has 4 nitrogen and oxygen atoms in total. The zero-order valence-corrected chi connectivity index (χ0v) is 10.6. The van der Waals surface area contributed by atoms with Gasteiger partial charge in [0.1, 0.15) is 5.76 Å². The number of amides is 1. The number of hydrogen-bond acceptors (Lipinski definition) is 4. The van der Waals surface area contributed by atoms with Gasteiger partial charge in [0.2, 0.25) is 5.91 Å². The van der Waals surface area contributed by atoms with Crippen LogP contribution in [0.5, 0.6) is 0 Å². The summed E-state index contributed by atoms with van der Waals surface area (Å²) in [4.78, 5) is 11.6. The van der Waals surface area contributed by atoms with Crippen LogP contribution >= 0.6 is 11.8 Å². The predicted molar refractivity (Wildman–Crippen MR) is 68.9 cm³/mol. The lowest BCUT2D eigenvalue weighted by atomic mass is 10.2. The van der Waals surface area contributed by atoms with E-state index in [1.54, 1.807) is 6.26 Å². The van der Waals surface area contributed by atoms with Crippen LogP contribution in [0, 0.1) is 0 Å². The van der Waals surface area contributed by atoms with Crippen molar-refractivity contribution in [1.82, 2.24) is 10.6 Å². The molecule has 5 heteroatoms. The zero-order chi connectivity index (χ0) is 11.9. The fourth-order valence-electron chi connectivity index (χ4n) is 1.80. The van der Waals surface area contributed by atoms with Gasteiger partial charge in [0.25, 0.3) is 0 Å². The molecule has 1 amide bonds. The van der Waals surface area contributed by atoms with Gasteiger partial charge in [-0.1, -0.05) is 0 Å². The lowest BCUT2D eigenvalue weighted by Gasteiger charge is -2.22. The van der Waals surface area contributed by atoms with E-state index in [4.69, 9.17) is 4.42 Å². The van der Waals surface area contributed by atoms with E-state index in [2.05, 4.69) is 10.6 Å². The quantitative estimate of drug-likeness (QED) is 0.833. The first-order chi connectivity index (χ1) is 8.34. The van der Waals surface area contributed by atoms with Gasteiger partial charge in [-0.05, 0) is 30.7 Å². The smallest absolute Gasteiger partial charge is 0.234 e. The summed E-state index contributed by atoms with van der Waals surface area (Å²) in [5.41, 5.74) is 0. The molecule has 1 aliphatic rings. The molecule has 1 fully saturated rings. The maximum atomic E-state index is 11.6. The van der Waals surface area contributed by atoms with Crippen LogP contribution in [0.4, 0.5) is 0 Å². The topological polar surface area (TPSA) is 54.3 Å². The Morgan fingerprint density at radius 2 is 2.53 bits per heavy atom. The zero-order valence-electron chi connectivity index (χ0n) is 9.78. The van der Waals surface area contributed by atoms with Crippen molar-refractivity contribution < 1.29 is 9.21 Å². The number of rotatable bonds is 5. The molecular formula is C12H18N2O2S. The summed E-state index contributed by atoms with van der Waals surface area (Å²) in [6.45, 7) is 0.860. The summed E-state index contributed by atoms with van der Waals surface area (Å²) < 4.78 is 5.14. The van der Waals surface area contributed by atoms with Gasteiger partial charge in [-0.2, -0.15) is 11.8 Å². The van der Waals surface area contributed by atoms with Gasteiger partial charge in [0.05, 0.1) is 19.4 Å². The third-order valence-corrected chi connectivity index (χ3v) is 3.97. The molecule has 1 aromatic rings. The summed E-state index contributed by atoms with van der Waals surface area (Å²) in [6, 6.07) is 4.16. The van der Waals surface area contributed by atoms with Gasteiger partial charge in [0, 0.05) is 11.8 Å². The number of nitrogens with one attached hydrogen (secondary N) is 2. The van der Waals surface area contributed by atoms with E-state index in [1.165, 1.54) is 18.6 Å². The Morgan fingerprint density at radius 1 is 1.59 bits per heavy atom. The van der Waals surface area contributed by atoms with E-state index in [-0.39, 0.29) is 5.91 Å². The molecule has 0 spiro atoms. The van der Waals surface area contributed by atoms with Gasteiger partial charge >= 0.3 is 0 Å². The Balaban J connectivity index is 1.60. The molecule has 1 atom stereocenters. The lowest BCUT2D eigenvalue weighted by Crippen LogP contribution is -2.41. The van der Waals surface area contributed by atoms with E-state index < -0.39 is 0 Å². The first kappa shape index (κ1) is 12.5. The van der Waals surface area contributed by atoms with Gasteiger partial charge in [-0.25, -0.2) is 0 Å². The van der Waals surface area contributed by atoms with Gasteiger partial charge in [-0.3, -0.25) is 4.79 Å². The van der Waals surface area contributed by atoms with Gasteiger partial charge < -0.3 is 15.1 Å². The third-order valence-electron chi connectivity index (χ3n) is 2.75. The Labute approximate surface area is 106 Å². The molecule has 17 heavy (non-hydrogen) atoms. The van der Waals surface area contributed by atoms with Crippen molar-refractivity contribution in [2.45, 2.75) is 25.4 Å². The van der Waals surface area contributed by atoms with Crippen molar-refractivity contribution in [3.8, 4) is 0 Å². The largest absolute Gasteiger partial charge is 0.467 e. The fraction of sp³-hybridized carbons (Fsp3) is 0.583. The van der Waals surface area contributed by atoms with Crippen LogP contribution in [0.15, 0.2) is 22.8 Å². The number of furan rings is 1.